The van der Waals surface area contributed by atoms with Gasteiger partial charge in [-0.15, -0.1) is 11.3 Å². The summed E-state index contributed by atoms with van der Waals surface area (Å²) in [6.45, 7) is 2.90. The van der Waals surface area contributed by atoms with Gasteiger partial charge in [0.2, 0.25) is 5.95 Å². The molecule has 0 spiro atoms. The quantitative estimate of drug-likeness (QED) is 0.483. The average Bonchev–Trinajstić information content (AvgIpc) is 3.51. The maximum Gasteiger partial charge on any atom is 0.224 e. The number of thiazole rings is 1. The van der Waals surface area contributed by atoms with E-state index in [1.165, 1.54) is 12.8 Å². The lowest BCUT2D eigenvalue weighted by Gasteiger charge is -2.20. The summed E-state index contributed by atoms with van der Waals surface area (Å²) in [7, 11) is 0. The van der Waals surface area contributed by atoms with Crippen LogP contribution in [-0.2, 0) is 0 Å². The summed E-state index contributed by atoms with van der Waals surface area (Å²) in [5, 5.41) is 28.2. The third-order valence-corrected chi connectivity index (χ3v) is 7.78. The molecule has 2 heterocycles. The molecule has 4 N–H and O–H groups in total. The third-order valence-electron chi connectivity index (χ3n) is 6.72. The number of hydrogen-bond donors (Lipinski definition) is 4. The van der Waals surface area contributed by atoms with Crippen molar-refractivity contribution < 1.29 is 10.2 Å². The summed E-state index contributed by atoms with van der Waals surface area (Å²) >= 11 is 1.64. The monoisotopic (exact) mass is 423 g/mol. The van der Waals surface area contributed by atoms with Gasteiger partial charge in [-0.25, -0.2) is 9.97 Å². The highest BCUT2D eigenvalue weighted by atomic mass is 32.1. The molecule has 0 aliphatic heterocycles. The summed E-state index contributed by atoms with van der Waals surface area (Å²) in [5.74, 6) is 2.08. The standard InChI is InChI=1S/C22H25N5O2S/c1-11-17(20-26-15-4-2-3-5-16(15)30-20)19(27-21(24-11)23-10-12-6-7-12)25-13-8-14-18(28)22(14,29)9-13/h2-5,12-14,18,28-29H,6-10H2,1H3,(H2,23,24,25,27). The zero-order valence-corrected chi connectivity index (χ0v) is 17.6. The molecular weight excluding hydrogens is 398 g/mol. The van der Waals surface area contributed by atoms with Crippen molar-refractivity contribution in [1.82, 2.24) is 15.0 Å². The van der Waals surface area contributed by atoms with Crippen LogP contribution in [0.3, 0.4) is 0 Å². The molecule has 7 nitrogen and oxygen atoms in total. The smallest absolute Gasteiger partial charge is 0.224 e. The van der Waals surface area contributed by atoms with Gasteiger partial charge in [0.25, 0.3) is 0 Å². The van der Waals surface area contributed by atoms with Crippen molar-refractivity contribution >= 4 is 33.3 Å². The molecule has 6 rings (SSSR count). The number of rotatable bonds is 6. The van der Waals surface area contributed by atoms with E-state index in [4.69, 9.17) is 15.0 Å². The van der Waals surface area contributed by atoms with Crippen molar-refractivity contribution in [3.63, 3.8) is 0 Å². The summed E-state index contributed by atoms with van der Waals surface area (Å²) in [4.78, 5) is 14.4. The van der Waals surface area contributed by atoms with Gasteiger partial charge in [0.05, 0.1) is 33.2 Å². The van der Waals surface area contributed by atoms with Crippen LogP contribution in [0.25, 0.3) is 20.8 Å². The number of aliphatic hydroxyl groups is 2. The van der Waals surface area contributed by atoms with Crippen molar-refractivity contribution in [3.8, 4) is 10.6 Å². The average molecular weight is 424 g/mol. The van der Waals surface area contributed by atoms with Crippen LogP contribution in [0.2, 0.25) is 0 Å². The van der Waals surface area contributed by atoms with Gasteiger partial charge in [0, 0.05) is 18.5 Å². The second kappa shape index (κ2) is 6.60. The Morgan fingerprint density at radius 2 is 2.03 bits per heavy atom. The normalized spacial score (nSPS) is 29.8. The SMILES string of the molecule is Cc1nc(NCC2CC2)nc(NC2CC3C(O)C3(O)C2)c1-c1nc2ccccc2s1. The molecule has 0 amide bonds. The summed E-state index contributed by atoms with van der Waals surface area (Å²) in [6.07, 6.45) is 3.23. The van der Waals surface area contributed by atoms with Gasteiger partial charge in [-0.3, -0.25) is 0 Å². The Kier molecular flexibility index (Phi) is 4.07. The molecule has 0 saturated heterocycles. The first kappa shape index (κ1) is 18.5. The van der Waals surface area contributed by atoms with Crippen LogP contribution in [0.5, 0.6) is 0 Å². The van der Waals surface area contributed by atoms with Gasteiger partial charge in [-0.1, -0.05) is 12.1 Å². The molecule has 4 unspecified atom stereocenters. The Balaban J connectivity index is 1.36. The van der Waals surface area contributed by atoms with Crippen LogP contribution in [0.4, 0.5) is 11.8 Å². The Morgan fingerprint density at radius 3 is 2.77 bits per heavy atom. The molecule has 1 aromatic carbocycles. The minimum absolute atomic E-state index is 0.0312. The van der Waals surface area contributed by atoms with Crippen LogP contribution in [0.1, 0.15) is 31.4 Å². The molecule has 3 aromatic rings. The van der Waals surface area contributed by atoms with Crippen LogP contribution in [0.15, 0.2) is 24.3 Å². The zero-order chi connectivity index (χ0) is 20.5. The molecule has 4 atom stereocenters. The predicted octanol–water partition coefficient (Wildman–Crippen LogP) is 3.18. The Hall–Kier alpha value is -2.29. The van der Waals surface area contributed by atoms with E-state index in [0.717, 1.165) is 51.2 Å². The number of aryl methyl sites for hydroxylation is 1. The number of para-hydroxylation sites is 1. The lowest BCUT2D eigenvalue weighted by atomic mass is 10.1. The molecule has 3 aliphatic rings. The minimum Gasteiger partial charge on any atom is -0.390 e. The molecule has 0 radical (unpaired) electrons. The highest BCUT2D eigenvalue weighted by molar-refractivity contribution is 7.21. The van der Waals surface area contributed by atoms with Crippen molar-refractivity contribution in [1.29, 1.82) is 0 Å². The molecule has 3 aliphatic carbocycles. The molecule has 0 bridgehead atoms. The van der Waals surface area contributed by atoms with E-state index in [2.05, 4.69) is 16.7 Å². The topological polar surface area (TPSA) is 103 Å². The highest BCUT2D eigenvalue weighted by Crippen LogP contribution is 2.56. The molecule has 3 fully saturated rings. The van der Waals surface area contributed by atoms with Gasteiger partial charge in [-0.05, 0) is 50.7 Å². The first-order valence-corrected chi connectivity index (χ1v) is 11.5. The van der Waals surface area contributed by atoms with E-state index in [1.54, 1.807) is 11.3 Å². The second-order valence-electron chi connectivity index (χ2n) is 8.99. The number of hydrogen-bond acceptors (Lipinski definition) is 8. The maximum atomic E-state index is 10.5. The molecular formula is C22H25N5O2S. The summed E-state index contributed by atoms with van der Waals surface area (Å²) < 4.78 is 1.13. The van der Waals surface area contributed by atoms with Gasteiger partial charge in [0.1, 0.15) is 10.8 Å². The fourth-order valence-corrected chi connectivity index (χ4v) is 5.79. The van der Waals surface area contributed by atoms with Crippen LogP contribution >= 0.6 is 11.3 Å². The third kappa shape index (κ3) is 3.05. The minimum atomic E-state index is -0.928. The maximum absolute atomic E-state index is 10.5. The molecule has 2 aromatic heterocycles. The molecule has 30 heavy (non-hydrogen) atoms. The van der Waals surface area contributed by atoms with Gasteiger partial charge in [0.15, 0.2) is 0 Å². The summed E-state index contributed by atoms with van der Waals surface area (Å²) in [6, 6.07) is 8.19. The number of aromatic nitrogens is 3. The van der Waals surface area contributed by atoms with E-state index in [0.29, 0.717) is 12.4 Å². The fraction of sp³-hybridized carbons (Fsp3) is 0.500. The van der Waals surface area contributed by atoms with Crippen molar-refractivity contribution in [3.05, 3.63) is 30.0 Å². The molecule has 3 saturated carbocycles. The largest absolute Gasteiger partial charge is 0.390 e. The number of fused-ring (bicyclic) bond motifs is 2. The lowest BCUT2D eigenvalue weighted by molar-refractivity contribution is 0.0801. The van der Waals surface area contributed by atoms with E-state index >= 15 is 0 Å². The van der Waals surface area contributed by atoms with Gasteiger partial charge >= 0.3 is 0 Å². The zero-order valence-electron chi connectivity index (χ0n) is 16.8. The number of aliphatic hydroxyl groups excluding tert-OH is 1. The van der Waals surface area contributed by atoms with E-state index in [9.17, 15) is 10.2 Å². The lowest BCUT2D eigenvalue weighted by Crippen LogP contribution is -2.26. The predicted molar refractivity (Wildman–Crippen MR) is 118 cm³/mol. The Bertz CT molecular complexity index is 1100. The first-order valence-electron chi connectivity index (χ1n) is 10.7. The number of nitrogens with zero attached hydrogens (tertiary/aromatic N) is 3. The van der Waals surface area contributed by atoms with Crippen LogP contribution in [0, 0.1) is 18.8 Å². The molecule has 8 heteroatoms. The van der Waals surface area contributed by atoms with Gasteiger partial charge in [-0.2, -0.15) is 4.98 Å². The van der Waals surface area contributed by atoms with E-state index in [1.807, 2.05) is 25.1 Å². The number of anilines is 2. The van der Waals surface area contributed by atoms with Crippen molar-refractivity contribution in [2.75, 3.05) is 17.2 Å². The van der Waals surface area contributed by atoms with E-state index in [-0.39, 0.29) is 12.0 Å². The first-order chi connectivity index (χ1) is 14.5. The van der Waals surface area contributed by atoms with Gasteiger partial charge < -0.3 is 20.8 Å². The fourth-order valence-electron chi connectivity index (χ4n) is 4.72. The van der Waals surface area contributed by atoms with Crippen LogP contribution in [-0.4, -0.2) is 49.5 Å². The number of benzene rings is 1. The Morgan fingerprint density at radius 1 is 1.20 bits per heavy atom. The summed E-state index contributed by atoms with van der Waals surface area (Å²) in [5.41, 5.74) is 1.84. The molecule has 156 valence electrons. The van der Waals surface area contributed by atoms with Crippen LogP contribution < -0.4 is 10.6 Å². The van der Waals surface area contributed by atoms with Crippen molar-refractivity contribution in [2.24, 2.45) is 11.8 Å². The number of nitrogens with one attached hydrogen (secondary N) is 2. The van der Waals surface area contributed by atoms with E-state index < -0.39 is 11.7 Å². The highest BCUT2D eigenvalue weighted by Gasteiger charge is 2.68. The second-order valence-corrected chi connectivity index (χ2v) is 10.0. The Labute approximate surface area is 178 Å². The van der Waals surface area contributed by atoms with Crippen molar-refractivity contribution in [2.45, 2.75) is 50.4 Å².